The molecule has 0 aromatic heterocycles. The summed E-state index contributed by atoms with van der Waals surface area (Å²) < 4.78 is 0. The lowest BCUT2D eigenvalue weighted by Gasteiger charge is -2.33. The van der Waals surface area contributed by atoms with Gasteiger partial charge in [0.25, 0.3) is 0 Å². The molecule has 0 saturated carbocycles. The summed E-state index contributed by atoms with van der Waals surface area (Å²) in [5.74, 6) is 0. The Bertz CT molecular complexity index is 421. The van der Waals surface area contributed by atoms with Crippen LogP contribution in [0.3, 0.4) is 0 Å². The number of nitriles is 1. The summed E-state index contributed by atoms with van der Waals surface area (Å²) >= 11 is 5.87. The number of nitrogens with zero attached hydrogens (tertiary/aromatic N) is 2. The smallest absolute Gasteiger partial charge is 0.101 e. The van der Waals surface area contributed by atoms with Crippen molar-refractivity contribution >= 4 is 11.6 Å². The van der Waals surface area contributed by atoms with Crippen molar-refractivity contribution in [3.63, 3.8) is 0 Å². The van der Waals surface area contributed by atoms with Crippen LogP contribution in [-0.2, 0) is 0 Å². The van der Waals surface area contributed by atoms with Crippen LogP contribution in [0.5, 0.6) is 0 Å². The van der Waals surface area contributed by atoms with Gasteiger partial charge >= 0.3 is 0 Å². The zero-order valence-electron chi connectivity index (χ0n) is 8.99. The lowest BCUT2D eigenvalue weighted by atomic mass is 10.0. The van der Waals surface area contributed by atoms with Gasteiger partial charge in [0.2, 0.25) is 0 Å². The van der Waals surface area contributed by atoms with E-state index in [1.165, 1.54) is 6.42 Å². The van der Waals surface area contributed by atoms with E-state index in [0.717, 1.165) is 25.2 Å². The van der Waals surface area contributed by atoms with Crippen LogP contribution in [0, 0.1) is 11.3 Å². The van der Waals surface area contributed by atoms with Gasteiger partial charge in [-0.1, -0.05) is 17.7 Å². The molecule has 1 fully saturated rings. The van der Waals surface area contributed by atoms with Crippen LogP contribution in [0.1, 0.15) is 23.6 Å². The van der Waals surface area contributed by atoms with Crippen LogP contribution in [0.15, 0.2) is 18.2 Å². The molecule has 0 bridgehead atoms. The summed E-state index contributed by atoms with van der Waals surface area (Å²) in [6, 6.07) is 7.46. The van der Waals surface area contributed by atoms with Crippen molar-refractivity contribution < 1.29 is 0 Å². The molecule has 1 saturated heterocycles. The van der Waals surface area contributed by atoms with E-state index < -0.39 is 0 Å². The Hall–Kier alpha value is -1.08. The minimum Gasteiger partial charge on any atom is -0.323 e. The normalized spacial score (nSPS) is 17.6. The lowest BCUT2D eigenvalue weighted by molar-refractivity contribution is 0.170. The van der Waals surface area contributed by atoms with E-state index in [2.05, 4.69) is 11.0 Å². The van der Waals surface area contributed by atoms with Crippen molar-refractivity contribution in [2.45, 2.75) is 12.5 Å². The molecule has 1 unspecified atom stereocenters. The molecule has 0 spiro atoms. The molecule has 1 aliphatic rings. The maximum atomic E-state index is 8.88. The van der Waals surface area contributed by atoms with Crippen molar-refractivity contribution in [3.8, 4) is 6.07 Å². The predicted molar refractivity (Wildman–Crippen MR) is 64.2 cm³/mol. The number of rotatable bonds is 3. The zero-order valence-corrected chi connectivity index (χ0v) is 9.74. The number of likely N-dealkylation sites (tertiary alicyclic amines) is 1. The molecule has 2 N–H and O–H groups in total. The molecular formula is C12H14ClN3. The molecule has 3 nitrogen and oxygen atoms in total. The van der Waals surface area contributed by atoms with Crippen LogP contribution in [0.25, 0.3) is 0 Å². The summed E-state index contributed by atoms with van der Waals surface area (Å²) in [6.07, 6.45) is 1.26. The second-order valence-corrected chi connectivity index (χ2v) is 4.52. The summed E-state index contributed by atoms with van der Waals surface area (Å²) in [5, 5.41) is 9.37. The number of hydrogen-bond donors (Lipinski definition) is 1. The van der Waals surface area contributed by atoms with Gasteiger partial charge in [-0.15, -0.1) is 0 Å². The molecule has 4 heteroatoms. The molecule has 0 aliphatic carbocycles. The first-order valence-electron chi connectivity index (χ1n) is 5.38. The van der Waals surface area contributed by atoms with Gasteiger partial charge in [0.15, 0.2) is 0 Å². The first-order chi connectivity index (χ1) is 7.70. The minimum absolute atomic E-state index is 0.0373. The molecule has 84 valence electrons. The van der Waals surface area contributed by atoms with E-state index in [4.69, 9.17) is 22.6 Å². The topological polar surface area (TPSA) is 53.1 Å². The first kappa shape index (κ1) is 11.4. The molecule has 1 heterocycles. The van der Waals surface area contributed by atoms with E-state index in [9.17, 15) is 0 Å². The fourth-order valence-electron chi connectivity index (χ4n) is 1.81. The number of hydrogen-bond acceptors (Lipinski definition) is 3. The van der Waals surface area contributed by atoms with Gasteiger partial charge in [0.05, 0.1) is 10.6 Å². The van der Waals surface area contributed by atoms with Crippen molar-refractivity contribution in [2.24, 2.45) is 5.73 Å². The molecule has 1 aromatic carbocycles. The Morgan fingerprint density at radius 3 is 2.81 bits per heavy atom. The lowest BCUT2D eigenvalue weighted by Crippen LogP contribution is -2.41. The Balaban J connectivity index is 2.10. The number of benzene rings is 1. The highest BCUT2D eigenvalue weighted by Crippen LogP contribution is 2.21. The average Bonchev–Trinajstić information content (AvgIpc) is 2.24. The van der Waals surface area contributed by atoms with E-state index in [0.29, 0.717) is 10.6 Å². The fourth-order valence-corrected chi connectivity index (χ4v) is 1.97. The average molecular weight is 236 g/mol. The highest BCUT2D eigenvalue weighted by molar-refractivity contribution is 6.31. The molecule has 1 aliphatic heterocycles. The highest BCUT2D eigenvalue weighted by Gasteiger charge is 2.18. The van der Waals surface area contributed by atoms with Crippen molar-refractivity contribution in [2.75, 3.05) is 19.6 Å². The van der Waals surface area contributed by atoms with E-state index >= 15 is 0 Å². The standard InChI is InChI=1S/C12H14ClN3/c13-11-3-2-9(6-10(11)7-14)12(15)8-16-4-1-5-16/h2-3,6,12H,1,4-5,8,15H2. The van der Waals surface area contributed by atoms with Crippen LogP contribution >= 0.6 is 11.6 Å². The molecule has 0 radical (unpaired) electrons. The third-order valence-electron chi connectivity index (χ3n) is 2.94. The third-order valence-corrected chi connectivity index (χ3v) is 3.27. The van der Waals surface area contributed by atoms with Gasteiger partial charge in [-0.05, 0) is 37.2 Å². The molecule has 1 atom stereocenters. The summed E-state index contributed by atoms with van der Waals surface area (Å²) in [6.45, 7) is 3.12. The molecule has 1 aromatic rings. The van der Waals surface area contributed by atoms with E-state index in [1.54, 1.807) is 12.1 Å². The van der Waals surface area contributed by atoms with Crippen LogP contribution < -0.4 is 5.73 Å². The monoisotopic (exact) mass is 235 g/mol. The quantitative estimate of drug-likeness (QED) is 0.871. The minimum atomic E-state index is -0.0373. The SMILES string of the molecule is N#Cc1cc(C(N)CN2CCC2)ccc1Cl. The number of halogens is 1. The Labute approximate surface area is 100 Å². The fraction of sp³-hybridized carbons (Fsp3) is 0.417. The van der Waals surface area contributed by atoms with E-state index in [-0.39, 0.29) is 6.04 Å². The van der Waals surface area contributed by atoms with E-state index in [1.807, 2.05) is 6.07 Å². The van der Waals surface area contributed by atoms with Crippen molar-refractivity contribution in [1.29, 1.82) is 5.26 Å². The van der Waals surface area contributed by atoms with Crippen LogP contribution in [-0.4, -0.2) is 24.5 Å². The molecule has 2 rings (SSSR count). The van der Waals surface area contributed by atoms with Crippen molar-refractivity contribution in [1.82, 2.24) is 4.90 Å². The summed E-state index contributed by atoms with van der Waals surface area (Å²) in [7, 11) is 0. The maximum Gasteiger partial charge on any atom is 0.101 e. The summed E-state index contributed by atoms with van der Waals surface area (Å²) in [5.41, 5.74) is 7.56. The van der Waals surface area contributed by atoms with Crippen LogP contribution in [0.4, 0.5) is 0 Å². The maximum absolute atomic E-state index is 8.88. The Kier molecular flexibility index (Phi) is 3.45. The van der Waals surface area contributed by atoms with Crippen molar-refractivity contribution in [3.05, 3.63) is 34.3 Å². The number of nitrogens with two attached hydrogens (primary N) is 1. The first-order valence-corrected chi connectivity index (χ1v) is 5.76. The molecule has 0 amide bonds. The van der Waals surface area contributed by atoms with Gasteiger partial charge in [0.1, 0.15) is 6.07 Å². The zero-order chi connectivity index (χ0) is 11.5. The van der Waals surface area contributed by atoms with Gasteiger partial charge in [-0.2, -0.15) is 5.26 Å². The Morgan fingerprint density at radius 1 is 1.50 bits per heavy atom. The van der Waals surface area contributed by atoms with Gasteiger partial charge < -0.3 is 10.6 Å². The molecular weight excluding hydrogens is 222 g/mol. The van der Waals surface area contributed by atoms with Gasteiger partial charge in [-0.25, -0.2) is 0 Å². The Morgan fingerprint density at radius 2 is 2.25 bits per heavy atom. The summed E-state index contributed by atoms with van der Waals surface area (Å²) in [4.78, 5) is 2.31. The largest absolute Gasteiger partial charge is 0.323 e. The van der Waals surface area contributed by atoms with Gasteiger partial charge in [-0.3, -0.25) is 0 Å². The van der Waals surface area contributed by atoms with Crippen LogP contribution in [0.2, 0.25) is 5.02 Å². The second-order valence-electron chi connectivity index (χ2n) is 4.11. The predicted octanol–water partition coefficient (Wildman–Crippen LogP) is 1.92. The van der Waals surface area contributed by atoms with Gasteiger partial charge in [0, 0.05) is 12.6 Å². The molecule has 16 heavy (non-hydrogen) atoms. The highest BCUT2D eigenvalue weighted by atomic mass is 35.5. The third kappa shape index (κ3) is 2.35. The second kappa shape index (κ2) is 4.84.